The largest absolute Gasteiger partial charge is 0.383 e. The second-order valence-electron chi connectivity index (χ2n) is 6.44. The third-order valence-corrected chi connectivity index (χ3v) is 5.24. The maximum Gasteiger partial charge on any atom is 0.230 e. The van der Waals surface area contributed by atoms with E-state index >= 15 is 0 Å². The van der Waals surface area contributed by atoms with Gasteiger partial charge in [-0.15, -0.1) is 0 Å². The molecule has 0 bridgehead atoms. The van der Waals surface area contributed by atoms with E-state index in [2.05, 4.69) is 11.8 Å². The summed E-state index contributed by atoms with van der Waals surface area (Å²) in [6.45, 7) is 8.11. The lowest BCUT2D eigenvalue weighted by atomic mass is 9.78. The molecule has 1 amide bonds. The van der Waals surface area contributed by atoms with Crippen LogP contribution in [0.4, 0.5) is 0 Å². The molecule has 128 valence electrons. The van der Waals surface area contributed by atoms with Crippen molar-refractivity contribution >= 4 is 5.91 Å². The van der Waals surface area contributed by atoms with E-state index in [0.717, 1.165) is 52.0 Å². The monoisotopic (exact) mass is 313 g/mol. The highest BCUT2D eigenvalue weighted by molar-refractivity contribution is 5.83. The summed E-state index contributed by atoms with van der Waals surface area (Å²) in [4.78, 5) is 17.5. The number of carbonyl (C=O) groups excluding carboxylic acids is 1. The van der Waals surface area contributed by atoms with E-state index in [0.29, 0.717) is 25.8 Å². The number of nitrogens with two attached hydrogens (primary N) is 1. The lowest BCUT2D eigenvalue weighted by molar-refractivity contribution is -0.150. The van der Waals surface area contributed by atoms with Crippen LogP contribution in [0.25, 0.3) is 0 Å². The van der Waals surface area contributed by atoms with Gasteiger partial charge >= 0.3 is 0 Å². The summed E-state index contributed by atoms with van der Waals surface area (Å²) in [5.41, 5.74) is 5.58. The van der Waals surface area contributed by atoms with E-state index in [9.17, 15) is 4.79 Å². The molecular weight excluding hydrogens is 282 g/mol. The fourth-order valence-corrected chi connectivity index (χ4v) is 3.57. The highest BCUT2D eigenvalue weighted by atomic mass is 16.5. The van der Waals surface area contributed by atoms with Gasteiger partial charge in [0.25, 0.3) is 0 Å². The van der Waals surface area contributed by atoms with Gasteiger partial charge in [-0.2, -0.15) is 0 Å². The molecule has 2 aliphatic rings. The van der Waals surface area contributed by atoms with Crippen molar-refractivity contribution < 1.29 is 14.3 Å². The first-order chi connectivity index (χ1) is 10.7. The Bertz CT molecular complexity index is 359. The summed E-state index contributed by atoms with van der Waals surface area (Å²) in [5.74, 6) is 0.239. The van der Waals surface area contributed by atoms with E-state index in [1.165, 1.54) is 0 Å². The predicted octanol–water partition coefficient (Wildman–Crippen LogP) is 0.311. The van der Waals surface area contributed by atoms with Crippen molar-refractivity contribution in [3.05, 3.63) is 0 Å². The molecule has 2 heterocycles. The molecule has 0 spiro atoms. The van der Waals surface area contributed by atoms with Crippen molar-refractivity contribution in [1.29, 1.82) is 0 Å². The number of hydrogen-bond donors (Lipinski definition) is 1. The Kier molecular flexibility index (Phi) is 6.62. The average molecular weight is 313 g/mol. The third-order valence-electron chi connectivity index (χ3n) is 5.24. The average Bonchev–Trinajstić information content (AvgIpc) is 2.59. The molecule has 1 unspecified atom stereocenters. The summed E-state index contributed by atoms with van der Waals surface area (Å²) in [5, 5.41) is 0. The number of rotatable bonds is 6. The number of ether oxygens (including phenoxy) is 2. The molecule has 2 rings (SSSR count). The van der Waals surface area contributed by atoms with Crippen LogP contribution in [0.1, 0.15) is 26.2 Å². The fourth-order valence-electron chi connectivity index (χ4n) is 3.57. The first kappa shape index (κ1) is 17.7. The second kappa shape index (κ2) is 8.24. The SMILES string of the molecule is CCC1CN(C(=O)C2(CN)CCOCC2)CCN1CCOC. The molecule has 22 heavy (non-hydrogen) atoms. The zero-order chi connectivity index (χ0) is 16.0. The Morgan fingerprint density at radius 2 is 2.09 bits per heavy atom. The minimum absolute atomic E-state index is 0.239. The molecule has 2 saturated heterocycles. The van der Waals surface area contributed by atoms with Crippen LogP contribution in [0.15, 0.2) is 0 Å². The molecule has 0 aromatic heterocycles. The van der Waals surface area contributed by atoms with Crippen LogP contribution in [-0.2, 0) is 14.3 Å². The predicted molar refractivity (Wildman–Crippen MR) is 85.6 cm³/mol. The minimum atomic E-state index is -0.398. The maximum atomic E-state index is 13.0. The van der Waals surface area contributed by atoms with Gasteiger partial charge in [-0.3, -0.25) is 9.69 Å². The molecule has 2 fully saturated rings. The van der Waals surface area contributed by atoms with E-state index in [4.69, 9.17) is 15.2 Å². The maximum absolute atomic E-state index is 13.0. The zero-order valence-corrected chi connectivity index (χ0v) is 14.1. The van der Waals surface area contributed by atoms with Crippen LogP contribution in [-0.4, -0.2) is 81.4 Å². The van der Waals surface area contributed by atoms with Gasteiger partial charge in [0.05, 0.1) is 12.0 Å². The van der Waals surface area contributed by atoms with Gasteiger partial charge in [-0.05, 0) is 19.3 Å². The van der Waals surface area contributed by atoms with Crippen LogP contribution in [0, 0.1) is 5.41 Å². The number of carbonyl (C=O) groups is 1. The number of hydrogen-bond acceptors (Lipinski definition) is 5. The van der Waals surface area contributed by atoms with Crippen LogP contribution in [0.3, 0.4) is 0 Å². The van der Waals surface area contributed by atoms with Crippen molar-refractivity contribution in [3.63, 3.8) is 0 Å². The van der Waals surface area contributed by atoms with E-state index in [-0.39, 0.29) is 5.91 Å². The zero-order valence-electron chi connectivity index (χ0n) is 14.1. The van der Waals surface area contributed by atoms with Gasteiger partial charge in [0.1, 0.15) is 0 Å². The molecule has 1 atom stereocenters. The van der Waals surface area contributed by atoms with E-state index < -0.39 is 5.41 Å². The molecule has 6 nitrogen and oxygen atoms in total. The summed E-state index contributed by atoms with van der Waals surface area (Å²) in [6.07, 6.45) is 2.55. The van der Waals surface area contributed by atoms with Crippen LogP contribution < -0.4 is 5.73 Å². The highest BCUT2D eigenvalue weighted by Crippen LogP contribution is 2.32. The lowest BCUT2D eigenvalue weighted by Gasteiger charge is -2.45. The van der Waals surface area contributed by atoms with Crippen molar-refractivity contribution in [2.24, 2.45) is 11.1 Å². The molecule has 0 aliphatic carbocycles. The first-order valence-electron chi connectivity index (χ1n) is 8.47. The minimum Gasteiger partial charge on any atom is -0.383 e. The van der Waals surface area contributed by atoms with Crippen molar-refractivity contribution in [2.75, 3.05) is 59.7 Å². The molecule has 0 aromatic rings. The topological polar surface area (TPSA) is 68.0 Å². The molecule has 0 saturated carbocycles. The Hall–Kier alpha value is -0.690. The second-order valence-corrected chi connectivity index (χ2v) is 6.44. The van der Waals surface area contributed by atoms with Crippen molar-refractivity contribution in [1.82, 2.24) is 9.80 Å². The third kappa shape index (κ3) is 3.79. The van der Waals surface area contributed by atoms with Crippen LogP contribution >= 0.6 is 0 Å². The number of methoxy groups -OCH3 is 1. The van der Waals surface area contributed by atoms with Gasteiger partial charge in [-0.1, -0.05) is 6.92 Å². The normalized spacial score (nSPS) is 26.1. The standard InChI is InChI=1S/C16H31N3O3/c1-3-14-12-19(7-6-18(14)8-11-21-2)15(20)16(13-17)4-9-22-10-5-16/h14H,3-13,17H2,1-2H3. The van der Waals surface area contributed by atoms with Crippen molar-refractivity contribution in [2.45, 2.75) is 32.2 Å². The van der Waals surface area contributed by atoms with Gasteiger partial charge in [0.15, 0.2) is 0 Å². The summed E-state index contributed by atoms with van der Waals surface area (Å²) < 4.78 is 10.6. The Morgan fingerprint density at radius 3 is 2.68 bits per heavy atom. The summed E-state index contributed by atoms with van der Waals surface area (Å²) in [7, 11) is 1.73. The molecule has 0 aromatic carbocycles. The Morgan fingerprint density at radius 1 is 1.36 bits per heavy atom. The molecule has 0 radical (unpaired) electrons. The van der Waals surface area contributed by atoms with Crippen LogP contribution in [0.5, 0.6) is 0 Å². The molecule has 6 heteroatoms. The van der Waals surface area contributed by atoms with Gasteiger partial charge in [-0.25, -0.2) is 0 Å². The van der Waals surface area contributed by atoms with Crippen LogP contribution in [0.2, 0.25) is 0 Å². The van der Waals surface area contributed by atoms with Gasteiger partial charge < -0.3 is 20.1 Å². The highest BCUT2D eigenvalue weighted by Gasteiger charge is 2.43. The van der Waals surface area contributed by atoms with Gasteiger partial charge in [0.2, 0.25) is 5.91 Å². The number of nitrogens with zero attached hydrogens (tertiary/aromatic N) is 2. The summed E-state index contributed by atoms with van der Waals surface area (Å²) in [6, 6.07) is 0.419. The van der Waals surface area contributed by atoms with E-state index in [1.807, 2.05) is 4.90 Å². The number of amides is 1. The lowest BCUT2D eigenvalue weighted by Crippen LogP contribution is -2.59. The first-order valence-corrected chi connectivity index (χ1v) is 8.47. The molecule has 2 N–H and O–H groups in total. The number of piperazine rings is 1. The Labute approximate surface area is 133 Å². The Balaban J connectivity index is 1.99. The molecule has 2 aliphatic heterocycles. The molecular formula is C16H31N3O3. The quantitative estimate of drug-likeness (QED) is 0.764. The fraction of sp³-hybridized carbons (Fsp3) is 0.938. The summed E-state index contributed by atoms with van der Waals surface area (Å²) >= 11 is 0. The smallest absolute Gasteiger partial charge is 0.230 e. The van der Waals surface area contributed by atoms with Crippen molar-refractivity contribution in [3.8, 4) is 0 Å². The van der Waals surface area contributed by atoms with Gasteiger partial charge in [0, 0.05) is 59.1 Å². The van der Waals surface area contributed by atoms with E-state index in [1.54, 1.807) is 7.11 Å².